The monoisotopic (exact) mass is 423 g/mol. The molecule has 4 aromatic rings. The van der Waals surface area contributed by atoms with Crippen LogP contribution in [0.3, 0.4) is 0 Å². The Morgan fingerprint density at radius 1 is 1.03 bits per heavy atom. The number of hydrogen-bond donors (Lipinski definition) is 1. The van der Waals surface area contributed by atoms with Crippen LogP contribution in [0.5, 0.6) is 5.75 Å². The maximum Gasteiger partial charge on any atom is 0.277 e. The summed E-state index contributed by atoms with van der Waals surface area (Å²) in [5.41, 5.74) is 2.09. The third kappa shape index (κ3) is 4.49. The van der Waals surface area contributed by atoms with Crippen LogP contribution in [0.1, 0.15) is 12.8 Å². The molecule has 2 heterocycles. The van der Waals surface area contributed by atoms with Crippen LogP contribution < -0.4 is 10.1 Å². The molecule has 4 rings (SSSR count). The van der Waals surface area contributed by atoms with Crippen molar-refractivity contribution in [1.82, 2.24) is 20.4 Å². The number of anilines is 1. The van der Waals surface area contributed by atoms with Gasteiger partial charge in [-0.05, 0) is 30.3 Å². The van der Waals surface area contributed by atoms with Gasteiger partial charge in [-0.3, -0.25) is 4.79 Å². The predicted octanol–water partition coefficient (Wildman–Crippen LogP) is 4.05. The quantitative estimate of drug-likeness (QED) is 0.439. The Hall–Kier alpha value is -3.66. The lowest BCUT2D eigenvalue weighted by molar-refractivity contribution is -0.114. The molecule has 0 unspecified atom stereocenters. The highest BCUT2D eigenvalue weighted by Crippen LogP contribution is 2.30. The van der Waals surface area contributed by atoms with Gasteiger partial charge in [0.1, 0.15) is 5.75 Å². The third-order valence-corrected chi connectivity index (χ3v) is 4.76. The van der Waals surface area contributed by atoms with E-state index in [0.29, 0.717) is 45.6 Å². The van der Waals surface area contributed by atoms with Gasteiger partial charge in [-0.15, -0.1) is 20.4 Å². The molecule has 2 aromatic heterocycles. The molecular weight excluding hydrogens is 406 g/mol. The molecule has 0 saturated carbocycles. The van der Waals surface area contributed by atoms with Gasteiger partial charge in [-0.1, -0.05) is 30.0 Å². The molecule has 0 spiro atoms. The van der Waals surface area contributed by atoms with Crippen LogP contribution >= 0.6 is 11.8 Å². The number of amides is 1. The number of rotatable bonds is 7. The zero-order valence-corrected chi connectivity index (χ0v) is 17.0. The van der Waals surface area contributed by atoms with Crippen molar-refractivity contribution in [2.45, 2.75) is 17.9 Å². The van der Waals surface area contributed by atoms with Gasteiger partial charge in [0.2, 0.25) is 17.7 Å². The highest BCUT2D eigenvalue weighted by molar-refractivity contribution is 7.98. The first-order valence-corrected chi connectivity index (χ1v) is 9.91. The Kier molecular flexibility index (Phi) is 5.75. The number of thioether (sulfide) groups is 1. The summed E-state index contributed by atoms with van der Waals surface area (Å²) in [5, 5.41) is 19.3. The van der Waals surface area contributed by atoms with Gasteiger partial charge in [0.25, 0.3) is 11.1 Å². The van der Waals surface area contributed by atoms with Crippen molar-refractivity contribution in [1.29, 1.82) is 0 Å². The number of para-hydroxylation sites is 1. The van der Waals surface area contributed by atoms with E-state index >= 15 is 0 Å². The molecule has 0 aliphatic heterocycles. The summed E-state index contributed by atoms with van der Waals surface area (Å²) in [7, 11) is 1.59. The topological polar surface area (TPSA) is 116 Å². The van der Waals surface area contributed by atoms with Crippen LogP contribution in [0.25, 0.3) is 22.9 Å². The lowest BCUT2D eigenvalue weighted by Gasteiger charge is -2.03. The first-order valence-electron chi connectivity index (χ1n) is 8.92. The Bertz CT molecular complexity index is 1170. The first kappa shape index (κ1) is 19.6. The van der Waals surface area contributed by atoms with Crippen molar-refractivity contribution in [3.05, 3.63) is 54.4 Å². The molecule has 9 nitrogen and oxygen atoms in total. The molecule has 10 heteroatoms. The highest BCUT2D eigenvalue weighted by atomic mass is 32.2. The number of aromatic nitrogens is 4. The molecule has 0 bridgehead atoms. The Morgan fingerprint density at radius 2 is 1.87 bits per heavy atom. The number of methoxy groups -OCH3 is 1. The average molecular weight is 423 g/mol. The lowest BCUT2D eigenvalue weighted by atomic mass is 10.2. The van der Waals surface area contributed by atoms with Crippen LogP contribution in [-0.2, 0) is 10.5 Å². The van der Waals surface area contributed by atoms with Crippen LogP contribution in [0.15, 0.2) is 62.6 Å². The summed E-state index contributed by atoms with van der Waals surface area (Å²) in [6.07, 6.45) is 0. The minimum absolute atomic E-state index is 0.152. The van der Waals surface area contributed by atoms with E-state index in [1.165, 1.54) is 18.7 Å². The van der Waals surface area contributed by atoms with Crippen molar-refractivity contribution in [3.63, 3.8) is 0 Å². The maximum atomic E-state index is 11.2. The van der Waals surface area contributed by atoms with E-state index < -0.39 is 0 Å². The number of nitrogens with zero attached hydrogens (tertiary/aromatic N) is 4. The normalized spacial score (nSPS) is 10.7. The van der Waals surface area contributed by atoms with Crippen molar-refractivity contribution in [2.75, 3.05) is 12.4 Å². The predicted molar refractivity (Wildman–Crippen MR) is 110 cm³/mol. The van der Waals surface area contributed by atoms with Gasteiger partial charge in [0.15, 0.2) is 0 Å². The second-order valence-corrected chi connectivity index (χ2v) is 7.05. The molecule has 0 aliphatic rings. The zero-order chi connectivity index (χ0) is 20.9. The van der Waals surface area contributed by atoms with E-state index in [2.05, 4.69) is 25.7 Å². The number of hydrogen-bond acceptors (Lipinski definition) is 9. The summed E-state index contributed by atoms with van der Waals surface area (Å²) >= 11 is 1.28. The van der Waals surface area contributed by atoms with Crippen molar-refractivity contribution < 1.29 is 18.4 Å². The summed E-state index contributed by atoms with van der Waals surface area (Å²) < 4.78 is 16.7. The summed E-state index contributed by atoms with van der Waals surface area (Å²) in [6, 6.07) is 14.6. The zero-order valence-electron chi connectivity index (χ0n) is 16.2. The van der Waals surface area contributed by atoms with E-state index in [1.54, 1.807) is 25.3 Å². The number of carbonyl (C=O) groups excluding carboxylic acids is 1. The fourth-order valence-electron chi connectivity index (χ4n) is 2.68. The summed E-state index contributed by atoms with van der Waals surface area (Å²) in [4.78, 5) is 11.2. The molecule has 0 saturated heterocycles. The van der Waals surface area contributed by atoms with E-state index in [9.17, 15) is 4.79 Å². The fraction of sp³-hybridized carbons (Fsp3) is 0.150. The Morgan fingerprint density at radius 3 is 2.70 bits per heavy atom. The van der Waals surface area contributed by atoms with E-state index in [0.717, 1.165) is 5.56 Å². The minimum Gasteiger partial charge on any atom is -0.496 e. The van der Waals surface area contributed by atoms with E-state index in [4.69, 9.17) is 13.6 Å². The van der Waals surface area contributed by atoms with Crippen molar-refractivity contribution in [3.8, 4) is 28.7 Å². The fourth-order valence-corrected chi connectivity index (χ4v) is 3.28. The SMILES string of the molecule is COc1ccccc1-c1nnc(CSc2nnc(-c3cccc(NC(C)=O)c3)o2)o1. The van der Waals surface area contributed by atoms with E-state index in [-0.39, 0.29) is 5.91 Å². The largest absolute Gasteiger partial charge is 0.496 e. The van der Waals surface area contributed by atoms with Crippen LogP contribution in [-0.4, -0.2) is 33.4 Å². The standard InChI is InChI=1S/C20H17N5O4S/c1-12(26)21-14-7-5-6-13(10-14)18-23-25-20(29-18)30-11-17-22-24-19(28-17)15-8-3-4-9-16(15)27-2/h3-10H,11H2,1-2H3,(H,21,26). The molecule has 1 amide bonds. The molecule has 0 atom stereocenters. The molecule has 152 valence electrons. The van der Waals surface area contributed by atoms with Crippen molar-refractivity contribution in [2.24, 2.45) is 0 Å². The average Bonchev–Trinajstić information content (AvgIpc) is 3.42. The maximum absolute atomic E-state index is 11.2. The number of carbonyl (C=O) groups is 1. The molecule has 0 aliphatic carbocycles. The smallest absolute Gasteiger partial charge is 0.277 e. The molecule has 30 heavy (non-hydrogen) atoms. The van der Waals surface area contributed by atoms with Crippen LogP contribution in [0, 0.1) is 0 Å². The summed E-state index contributed by atoms with van der Waals surface area (Å²) in [5.74, 6) is 2.03. The number of ether oxygens (including phenoxy) is 1. The van der Waals surface area contributed by atoms with Crippen LogP contribution in [0.4, 0.5) is 5.69 Å². The Labute approximate surface area is 175 Å². The first-order chi connectivity index (χ1) is 14.6. The summed E-state index contributed by atoms with van der Waals surface area (Å²) in [6.45, 7) is 1.45. The van der Waals surface area contributed by atoms with Gasteiger partial charge in [-0.2, -0.15) is 0 Å². The second-order valence-electron chi connectivity index (χ2n) is 6.13. The molecule has 0 radical (unpaired) electrons. The molecular formula is C20H17N5O4S. The van der Waals surface area contributed by atoms with Gasteiger partial charge in [0.05, 0.1) is 18.4 Å². The van der Waals surface area contributed by atoms with Crippen molar-refractivity contribution >= 4 is 23.4 Å². The minimum atomic E-state index is -0.152. The third-order valence-electron chi connectivity index (χ3n) is 3.96. The number of benzene rings is 2. The number of nitrogens with one attached hydrogen (secondary N) is 1. The van der Waals surface area contributed by atoms with Gasteiger partial charge < -0.3 is 18.9 Å². The molecule has 1 N–H and O–H groups in total. The lowest BCUT2D eigenvalue weighted by Crippen LogP contribution is -2.05. The molecule has 0 fully saturated rings. The Balaban J connectivity index is 1.43. The molecule has 2 aromatic carbocycles. The van der Waals surface area contributed by atoms with Gasteiger partial charge >= 0.3 is 0 Å². The highest BCUT2D eigenvalue weighted by Gasteiger charge is 2.15. The van der Waals surface area contributed by atoms with E-state index in [1.807, 2.05) is 30.3 Å². The second kappa shape index (κ2) is 8.78. The van der Waals surface area contributed by atoms with Gasteiger partial charge in [-0.25, -0.2) is 0 Å². The van der Waals surface area contributed by atoms with Gasteiger partial charge in [0, 0.05) is 18.2 Å². The van der Waals surface area contributed by atoms with Crippen LogP contribution in [0.2, 0.25) is 0 Å².